The number of amides is 1. The predicted molar refractivity (Wildman–Crippen MR) is 76.2 cm³/mol. The first kappa shape index (κ1) is 14.2. The minimum absolute atomic E-state index is 0.0344. The maximum absolute atomic E-state index is 11.7. The lowest BCUT2D eigenvalue weighted by Crippen LogP contribution is -2.31. The molecule has 1 aromatic carbocycles. The molecule has 0 aliphatic rings. The molecule has 3 N–H and O–H groups in total. The Bertz CT molecular complexity index is 547. The number of aromatic nitrogens is 3. The zero-order valence-corrected chi connectivity index (χ0v) is 11.7. The Hall–Kier alpha value is -2.21. The molecule has 0 fully saturated rings. The van der Waals surface area contributed by atoms with Gasteiger partial charge >= 0.3 is 0 Å². The molecule has 0 spiro atoms. The molecule has 0 radical (unpaired) electrons. The molecular formula is C14H19N5O. The highest BCUT2D eigenvalue weighted by Gasteiger charge is 2.11. The van der Waals surface area contributed by atoms with Gasteiger partial charge in [-0.3, -0.25) is 4.79 Å². The summed E-state index contributed by atoms with van der Waals surface area (Å²) in [7, 11) is 0. The van der Waals surface area contributed by atoms with Crippen LogP contribution in [0, 0.1) is 0 Å². The van der Waals surface area contributed by atoms with E-state index in [-0.39, 0.29) is 18.0 Å². The van der Waals surface area contributed by atoms with E-state index >= 15 is 0 Å². The second-order valence-electron chi connectivity index (χ2n) is 4.90. The van der Waals surface area contributed by atoms with Crippen molar-refractivity contribution in [3.63, 3.8) is 0 Å². The second-order valence-corrected chi connectivity index (χ2v) is 4.90. The molecule has 2 atom stereocenters. The highest BCUT2D eigenvalue weighted by atomic mass is 16.1. The number of hydrogen-bond donors (Lipinski definition) is 2. The normalized spacial score (nSPS) is 13.8. The molecule has 106 valence electrons. The summed E-state index contributed by atoms with van der Waals surface area (Å²) in [6.07, 6.45) is 3.47. The van der Waals surface area contributed by atoms with Crippen LogP contribution >= 0.6 is 0 Å². The quantitative estimate of drug-likeness (QED) is 0.856. The third-order valence-electron chi connectivity index (χ3n) is 2.96. The maximum Gasteiger partial charge on any atom is 0.222 e. The molecule has 2 unspecified atom stereocenters. The Morgan fingerprint density at radius 1 is 1.35 bits per heavy atom. The van der Waals surface area contributed by atoms with Crippen molar-refractivity contribution in [1.29, 1.82) is 0 Å². The zero-order valence-electron chi connectivity index (χ0n) is 11.7. The minimum atomic E-state index is -0.128. The van der Waals surface area contributed by atoms with E-state index in [9.17, 15) is 4.79 Å². The van der Waals surface area contributed by atoms with Crippen LogP contribution in [0.25, 0.3) is 5.69 Å². The lowest BCUT2D eigenvalue weighted by Gasteiger charge is -2.15. The lowest BCUT2D eigenvalue weighted by atomic mass is 10.1. The number of nitrogens with zero attached hydrogens (tertiary/aromatic N) is 3. The van der Waals surface area contributed by atoms with Gasteiger partial charge in [0.15, 0.2) is 0 Å². The average Bonchev–Trinajstić information content (AvgIpc) is 2.91. The number of carbonyl (C=O) groups excluding carboxylic acids is 1. The molecule has 1 amide bonds. The summed E-state index contributed by atoms with van der Waals surface area (Å²) < 4.78 is 1.68. The molecular weight excluding hydrogens is 254 g/mol. The van der Waals surface area contributed by atoms with Crippen LogP contribution in [0.15, 0.2) is 36.9 Å². The molecule has 2 aromatic rings. The largest absolute Gasteiger partial charge is 0.350 e. The van der Waals surface area contributed by atoms with Gasteiger partial charge in [0.05, 0.1) is 11.7 Å². The summed E-state index contributed by atoms with van der Waals surface area (Å²) in [6.45, 7) is 3.76. The summed E-state index contributed by atoms with van der Waals surface area (Å²) in [6, 6.07) is 7.64. The van der Waals surface area contributed by atoms with Crippen molar-refractivity contribution in [1.82, 2.24) is 20.1 Å². The minimum Gasteiger partial charge on any atom is -0.350 e. The lowest BCUT2D eigenvalue weighted by molar-refractivity contribution is -0.122. The molecule has 0 aliphatic carbocycles. The molecule has 2 rings (SSSR count). The molecule has 0 saturated carbocycles. The fourth-order valence-electron chi connectivity index (χ4n) is 1.93. The van der Waals surface area contributed by atoms with Gasteiger partial charge in [-0.1, -0.05) is 12.1 Å². The smallest absolute Gasteiger partial charge is 0.222 e. The summed E-state index contributed by atoms with van der Waals surface area (Å²) in [5.41, 5.74) is 7.57. The van der Waals surface area contributed by atoms with E-state index in [0.29, 0.717) is 6.42 Å². The third-order valence-corrected chi connectivity index (χ3v) is 2.96. The van der Waals surface area contributed by atoms with Crippen molar-refractivity contribution in [3.05, 3.63) is 42.5 Å². The predicted octanol–water partition coefficient (Wildman–Crippen LogP) is 1.18. The Balaban J connectivity index is 2.01. The summed E-state index contributed by atoms with van der Waals surface area (Å²) in [4.78, 5) is 15.6. The van der Waals surface area contributed by atoms with Crippen molar-refractivity contribution < 1.29 is 4.79 Å². The first-order chi connectivity index (χ1) is 9.56. The van der Waals surface area contributed by atoms with Gasteiger partial charge in [-0.25, -0.2) is 9.67 Å². The van der Waals surface area contributed by atoms with Crippen LogP contribution in [0.5, 0.6) is 0 Å². The van der Waals surface area contributed by atoms with Crippen molar-refractivity contribution in [2.45, 2.75) is 32.4 Å². The van der Waals surface area contributed by atoms with Gasteiger partial charge in [-0.15, -0.1) is 0 Å². The van der Waals surface area contributed by atoms with E-state index in [2.05, 4.69) is 15.4 Å². The van der Waals surface area contributed by atoms with Gasteiger partial charge in [-0.05, 0) is 31.5 Å². The van der Waals surface area contributed by atoms with Crippen LogP contribution in [-0.4, -0.2) is 26.7 Å². The van der Waals surface area contributed by atoms with Gasteiger partial charge < -0.3 is 11.1 Å². The Morgan fingerprint density at radius 3 is 2.60 bits per heavy atom. The van der Waals surface area contributed by atoms with Gasteiger partial charge in [0.1, 0.15) is 12.7 Å². The number of hydrogen-bond acceptors (Lipinski definition) is 4. The first-order valence-corrected chi connectivity index (χ1v) is 6.56. The number of nitrogens with two attached hydrogens (primary N) is 1. The van der Waals surface area contributed by atoms with Gasteiger partial charge in [0.25, 0.3) is 0 Å². The standard InChI is InChI=1S/C14H19N5O/c1-10(15)7-14(20)18-11(2)12-3-5-13(6-4-12)19-9-16-8-17-19/h3-6,8-11H,7,15H2,1-2H3,(H,18,20). The average molecular weight is 273 g/mol. The van der Waals surface area contributed by atoms with Crippen LogP contribution in [-0.2, 0) is 4.79 Å². The van der Waals surface area contributed by atoms with Crippen molar-refractivity contribution in [3.8, 4) is 5.69 Å². The fourth-order valence-corrected chi connectivity index (χ4v) is 1.93. The van der Waals surface area contributed by atoms with Crippen LogP contribution in [0.2, 0.25) is 0 Å². The summed E-state index contributed by atoms with van der Waals surface area (Å²) in [5, 5.41) is 6.99. The molecule has 20 heavy (non-hydrogen) atoms. The second kappa shape index (κ2) is 6.29. The van der Waals surface area contributed by atoms with E-state index in [0.717, 1.165) is 11.3 Å². The number of nitrogens with one attached hydrogen (secondary N) is 1. The maximum atomic E-state index is 11.7. The number of benzene rings is 1. The first-order valence-electron chi connectivity index (χ1n) is 6.56. The van der Waals surface area contributed by atoms with Crippen LogP contribution in [0.4, 0.5) is 0 Å². The van der Waals surface area contributed by atoms with Crippen LogP contribution < -0.4 is 11.1 Å². The summed E-state index contributed by atoms with van der Waals surface area (Å²) in [5.74, 6) is -0.0344. The van der Waals surface area contributed by atoms with Gasteiger partial charge in [0.2, 0.25) is 5.91 Å². The Kier molecular flexibility index (Phi) is 4.47. The molecule has 1 aromatic heterocycles. The Labute approximate surface area is 118 Å². The van der Waals surface area contributed by atoms with E-state index in [4.69, 9.17) is 5.73 Å². The van der Waals surface area contributed by atoms with E-state index in [1.54, 1.807) is 11.0 Å². The number of carbonyl (C=O) groups is 1. The van der Waals surface area contributed by atoms with Crippen molar-refractivity contribution in [2.24, 2.45) is 5.73 Å². The zero-order chi connectivity index (χ0) is 14.5. The molecule has 0 saturated heterocycles. The SMILES string of the molecule is CC(N)CC(=O)NC(C)c1ccc(-n2cncn2)cc1. The van der Waals surface area contributed by atoms with E-state index in [1.165, 1.54) is 6.33 Å². The van der Waals surface area contributed by atoms with Gasteiger partial charge in [0, 0.05) is 12.5 Å². The third kappa shape index (κ3) is 3.64. The molecule has 6 heteroatoms. The van der Waals surface area contributed by atoms with Crippen LogP contribution in [0.1, 0.15) is 31.9 Å². The van der Waals surface area contributed by atoms with Crippen molar-refractivity contribution in [2.75, 3.05) is 0 Å². The number of rotatable bonds is 5. The van der Waals surface area contributed by atoms with Gasteiger partial charge in [-0.2, -0.15) is 5.10 Å². The fraction of sp³-hybridized carbons (Fsp3) is 0.357. The van der Waals surface area contributed by atoms with Crippen LogP contribution in [0.3, 0.4) is 0 Å². The molecule has 6 nitrogen and oxygen atoms in total. The molecule has 1 heterocycles. The van der Waals surface area contributed by atoms with E-state index in [1.807, 2.05) is 38.1 Å². The van der Waals surface area contributed by atoms with E-state index < -0.39 is 0 Å². The van der Waals surface area contributed by atoms with Crippen molar-refractivity contribution >= 4 is 5.91 Å². The molecule has 0 bridgehead atoms. The highest BCUT2D eigenvalue weighted by Crippen LogP contribution is 2.15. The molecule has 0 aliphatic heterocycles. The topological polar surface area (TPSA) is 85.8 Å². The highest BCUT2D eigenvalue weighted by molar-refractivity contribution is 5.77. The summed E-state index contributed by atoms with van der Waals surface area (Å²) >= 11 is 0. The Morgan fingerprint density at radius 2 is 2.05 bits per heavy atom. The monoisotopic (exact) mass is 273 g/mol.